The van der Waals surface area contributed by atoms with Gasteiger partial charge in [-0.25, -0.2) is 4.79 Å². The van der Waals surface area contributed by atoms with Gasteiger partial charge < -0.3 is 20.7 Å². The molecule has 4 rings (SSSR count). The maximum absolute atomic E-state index is 12.5. The number of carbonyl (C=O) groups is 2. The Bertz CT molecular complexity index is 816. The first-order valence-electron chi connectivity index (χ1n) is 8.36. The van der Waals surface area contributed by atoms with Gasteiger partial charge in [0.25, 0.3) is 5.91 Å². The largest absolute Gasteiger partial charge is 0.482 e. The molecule has 0 bridgehead atoms. The van der Waals surface area contributed by atoms with E-state index >= 15 is 0 Å². The highest BCUT2D eigenvalue weighted by molar-refractivity contribution is 5.97. The summed E-state index contributed by atoms with van der Waals surface area (Å²) >= 11 is 0. The van der Waals surface area contributed by atoms with Crippen LogP contribution in [0.3, 0.4) is 0 Å². The van der Waals surface area contributed by atoms with E-state index in [1.807, 2.05) is 30.3 Å². The minimum atomic E-state index is -0.295. The topological polar surface area (TPSA) is 79.5 Å². The zero-order chi connectivity index (χ0) is 17.3. The number of nitrogens with one attached hydrogen (secondary N) is 3. The third kappa shape index (κ3) is 3.03. The fourth-order valence-electron chi connectivity index (χ4n) is 3.31. The van der Waals surface area contributed by atoms with Crippen LogP contribution in [0.15, 0.2) is 48.5 Å². The predicted molar refractivity (Wildman–Crippen MR) is 94.7 cm³/mol. The number of rotatable bonds is 3. The minimum absolute atomic E-state index is 0.0137. The van der Waals surface area contributed by atoms with Gasteiger partial charge in [-0.05, 0) is 43.0 Å². The van der Waals surface area contributed by atoms with Crippen LogP contribution >= 0.6 is 0 Å². The van der Waals surface area contributed by atoms with Crippen molar-refractivity contribution in [3.63, 3.8) is 0 Å². The molecule has 0 saturated heterocycles. The molecule has 3 amide bonds. The lowest BCUT2D eigenvalue weighted by Crippen LogP contribution is -2.52. The first-order chi connectivity index (χ1) is 12.1. The molecule has 0 aromatic heterocycles. The van der Waals surface area contributed by atoms with Crippen molar-refractivity contribution in [2.24, 2.45) is 0 Å². The van der Waals surface area contributed by atoms with Gasteiger partial charge in [0.05, 0.1) is 11.2 Å². The van der Waals surface area contributed by atoms with Crippen molar-refractivity contribution in [2.75, 3.05) is 17.2 Å². The van der Waals surface area contributed by atoms with Gasteiger partial charge in [-0.3, -0.25) is 4.79 Å². The van der Waals surface area contributed by atoms with Crippen LogP contribution < -0.4 is 20.7 Å². The molecular weight excluding hydrogens is 318 g/mol. The first-order valence-corrected chi connectivity index (χ1v) is 8.36. The molecule has 0 radical (unpaired) electrons. The smallest absolute Gasteiger partial charge is 0.319 e. The molecule has 25 heavy (non-hydrogen) atoms. The van der Waals surface area contributed by atoms with Crippen molar-refractivity contribution in [3.8, 4) is 5.75 Å². The SMILES string of the molecule is O=C1COc2ccc(NC(=O)NC3(c4ccccc4)CCC3)cc2N1. The van der Waals surface area contributed by atoms with Gasteiger partial charge >= 0.3 is 6.03 Å². The zero-order valence-electron chi connectivity index (χ0n) is 13.7. The first kappa shape index (κ1) is 15.5. The molecule has 6 nitrogen and oxygen atoms in total. The molecule has 1 aliphatic carbocycles. The normalized spacial score (nSPS) is 17.4. The lowest BCUT2D eigenvalue weighted by molar-refractivity contribution is -0.118. The monoisotopic (exact) mass is 337 g/mol. The van der Waals surface area contributed by atoms with E-state index in [1.54, 1.807) is 18.2 Å². The molecule has 3 N–H and O–H groups in total. The lowest BCUT2D eigenvalue weighted by Gasteiger charge is -2.43. The van der Waals surface area contributed by atoms with Crippen molar-refractivity contribution in [1.29, 1.82) is 0 Å². The molecule has 0 spiro atoms. The fraction of sp³-hybridized carbons (Fsp3) is 0.263. The van der Waals surface area contributed by atoms with Crippen LogP contribution in [0, 0.1) is 0 Å². The average molecular weight is 337 g/mol. The average Bonchev–Trinajstić information content (AvgIpc) is 2.58. The molecule has 6 heteroatoms. The van der Waals surface area contributed by atoms with Crippen LogP contribution in [0.25, 0.3) is 0 Å². The summed E-state index contributed by atoms with van der Waals surface area (Å²) in [5.41, 5.74) is 2.00. The Hall–Kier alpha value is -3.02. The minimum Gasteiger partial charge on any atom is -0.482 e. The quantitative estimate of drug-likeness (QED) is 0.804. The van der Waals surface area contributed by atoms with E-state index in [9.17, 15) is 9.59 Å². The number of hydrogen-bond acceptors (Lipinski definition) is 3. The van der Waals surface area contributed by atoms with Gasteiger partial charge in [0, 0.05) is 5.69 Å². The second-order valence-electron chi connectivity index (χ2n) is 6.43. The molecule has 1 aliphatic heterocycles. The van der Waals surface area contributed by atoms with E-state index in [1.165, 1.54) is 0 Å². The highest BCUT2D eigenvalue weighted by Gasteiger charge is 2.39. The number of fused-ring (bicyclic) bond motifs is 1. The third-order valence-corrected chi connectivity index (χ3v) is 4.76. The highest BCUT2D eigenvalue weighted by Crippen LogP contribution is 2.41. The molecule has 0 atom stereocenters. The number of carbonyl (C=O) groups excluding carboxylic acids is 2. The highest BCUT2D eigenvalue weighted by atomic mass is 16.5. The van der Waals surface area contributed by atoms with E-state index in [2.05, 4.69) is 16.0 Å². The fourth-order valence-corrected chi connectivity index (χ4v) is 3.31. The summed E-state index contributed by atoms with van der Waals surface area (Å²) in [6.45, 7) is 0.0137. The van der Waals surface area contributed by atoms with E-state index in [0.717, 1.165) is 24.8 Å². The van der Waals surface area contributed by atoms with Crippen molar-refractivity contribution in [1.82, 2.24) is 5.32 Å². The van der Waals surface area contributed by atoms with Crippen LogP contribution in [-0.4, -0.2) is 18.5 Å². The molecule has 1 saturated carbocycles. The van der Waals surface area contributed by atoms with Gasteiger partial charge in [-0.2, -0.15) is 0 Å². The van der Waals surface area contributed by atoms with Crippen LogP contribution in [0.4, 0.5) is 16.2 Å². The summed E-state index contributed by atoms with van der Waals surface area (Å²) in [4.78, 5) is 23.9. The second kappa shape index (κ2) is 6.12. The molecule has 1 heterocycles. The van der Waals surface area contributed by atoms with E-state index in [4.69, 9.17) is 4.74 Å². The predicted octanol–water partition coefficient (Wildman–Crippen LogP) is 3.22. The number of ether oxygens (including phenoxy) is 1. The number of urea groups is 1. The summed E-state index contributed by atoms with van der Waals surface area (Å²) in [7, 11) is 0. The van der Waals surface area contributed by atoms with E-state index < -0.39 is 0 Å². The summed E-state index contributed by atoms with van der Waals surface area (Å²) in [5.74, 6) is 0.400. The van der Waals surface area contributed by atoms with Gasteiger partial charge in [0.15, 0.2) is 6.61 Å². The van der Waals surface area contributed by atoms with Crippen LogP contribution in [-0.2, 0) is 10.3 Å². The third-order valence-electron chi connectivity index (χ3n) is 4.76. The number of anilines is 2. The molecule has 1 fully saturated rings. The Labute approximate surface area is 145 Å². The van der Waals surface area contributed by atoms with E-state index in [-0.39, 0.29) is 24.1 Å². The van der Waals surface area contributed by atoms with Crippen LogP contribution in [0.5, 0.6) is 5.75 Å². The number of hydrogen-bond donors (Lipinski definition) is 3. The molecule has 0 unspecified atom stereocenters. The zero-order valence-corrected chi connectivity index (χ0v) is 13.7. The summed E-state index contributed by atoms with van der Waals surface area (Å²) in [6, 6.07) is 15.0. The molecule has 2 aromatic carbocycles. The second-order valence-corrected chi connectivity index (χ2v) is 6.43. The summed E-state index contributed by atoms with van der Waals surface area (Å²) in [5, 5.41) is 8.69. The van der Waals surface area contributed by atoms with Gasteiger partial charge in [0.1, 0.15) is 5.75 Å². The Morgan fingerprint density at radius 2 is 1.92 bits per heavy atom. The van der Waals surface area contributed by atoms with Crippen molar-refractivity contribution in [3.05, 3.63) is 54.1 Å². The van der Waals surface area contributed by atoms with Gasteiger partial charge in [-0.1, -0.05) is 30.3 Å². The van der Waals surface area contributed by atoms with Crippen LogP contribution in [0.2, 0.25) is 0 Å². The standard InChI is InChI=1S/C19H19N3O3/c23-17-12-25-16-8-7-14(11-15(16)21-17)20-18(24)22-19(9-4-10-19)13-5-2-1-3-6-13/h1-3,5-8,11H,4,9-10,12H2,(H,21,23)(H2,20,22,24). The maximum atomic E-state index is 12.5. The number of benzene rings is 2. The number of amides is 3. The lowest BCUT2D eigenvalue weighted by atomic mass is 9.72. The maximum Gasteiger partial charge on any atom is 0.319 e. The van der Waals surface area contributed by atoms with E-state index in [0.29, 0.717) is 17.1 Å². The summed E-state index contributed by atoms with van der Waals surface area (Å²) in [6.07, 6.45) is 2.95. The Morgan fingerprint density at radius 3 is 2.64 bits per heavy atom. The molecule has 2 aromatic rings. The summed E-state index contributed by atoms with van der Waals surface area (Å²) < 4.78 is 5.32. The van der Waals surface area contributed by atoms with Gasteiger partial charge in [-0.15, -0.1) is 0 Å². The van der Waals surface area contributed by atoms with Crippen LogP contribution in [0.1, 0.15) is 24.8 Å². The Morgan fingerprint density at radius 1 is 1.12 bits per heavy atom. The molecule has 128 valence electrons. The van der Waals surface area contributed by atoms with Crippen molar-refractivity contribution >= 4 is 23.3 Å². The van der Waals surface area contributed by atoms with Gasteiger partial charge in [0.2, 0.25) is 0 Å². The van der Waals surface area contributed by atoms with Crippen molar-refractivity contribution < 1.29 is 14.3 Å². The Kier molecular flexibility index (Phi) is 3.80. The molecular formula is C19H19N3O3. The molecule has 2 aliphatic rings. The Balaban J connectivity index is 1.47. The van der Waals surface area contributed by atoms with Crippen molar-refractivity contribution in [2.45, 2.75) is 24.8 Å².